The Kier molecular flexibility index (Phi) is 5.87. The third kappa shape index (κ3) is 4.18. The minimum atomic E-state index is -0.204. The number of amides is 1. The molecule has 0 unspecified atom stereocenters. The summed E-state index contributed by atoms with van der Waals surface area (Å²) in [6.45, 7) is 0.507. The Labute approximate surface area is 197 Å². The van der Waals surface area contributed by atoms with Gasteiger partial charge in [-0.05, 0) is 48.4 Å². The molecule has 0 aliphatic rings. The number of fused-ring (bicyclic) bond motifs is 3. The van der Waals surface area contributed by atoms with Gasteiger partial charge in [-0.1, -0.05) is 42.5 Å². The number of aromatic nitrogens is 2. The minimum Gasteiger partial charge on any atom is -0.497 e. The Bertz CT molecular complexity index is 1470. The van der Waals surface area contributed by atoms with E-state index in [1.807, 2.05) is 72.8 Å². The van der Waals surface area contributed by atoms with E-state index in [0.717, 1.165) is 44.4 Å². The molecule has 0 atom stereocenters. The molecule has 5 aromatic rings. The highest BCUT2D eigenvalue weighted by atomic mass is 16.5. The molecule has 6 heteroatoms. The van der Waals surface area contributed by atoms with Gasteiger partial charge < -0.3 is 19.8 Å². The average molecular weight is 452 g/mol. The summed E-state index contributed by atoms with van der Waals surface area (Å²) in [5.74, 6) is 1.34. The number of rotatable bonds is 7. The van der Waals surface area contributed by atoms with Crippen LogP contribution in [0.4, 0.5) is 0 Å². The summed E-state index contributed by atoms with van der Waals surface area (Å²) in [7, 11) is 3.28. The maximum atomic E-state index is 13.1. The van der Waals surface area contributed by atoms with Gasteiger partial charge in [-0.2, -0.15) is 0 Å². The number of carbonyl (C=O) groups is 1. The van der Waals surface area contributed by atoms with Crippen molar-refractivity contribution >= 4 is 27.7 Å². The number of para-hydroxylation sites is 1. The predicted octanol–water partition coefficient (Wildman–Crippen LogP) is 5.37. The molecule has 0 aliphatic carbocycles. The SMILES string of the molecule is COc1ccc(CCNC(=O)c2cc3c([nH]c4ccccc43)c(-c3cccc(OC)c3)n2)cc1. The number of H-pyrrole nitrogens is 1. The Balaban J connectivity index is 1.48. The normalized spacial score (nSPS) is 11.0. The molecular weight excluding hydrogens is 426 g/mol. The molecule has 34 heavy (non-hydrogen) atoms. The number of hydrogen-bond donors (Lipinski definition) is 2. The third-order valence-electron chi connectivity index (χ3n) is 5.93. The van der Waals surface area contributed by atoms with Gasteiger partial charge in [-0.3, -0.25) is 4.79 Å². The van der Waals surface area contributed by atoms with Crippen molar-refractivity contribution in [1.82, 2.24) is 15.3 Å². The van der Waals surface area contributed by atoms with Crippen LogP contribution in [0.5, 0.6) is 11.5 Å². The Morgan fingerprint density at radius 1 is 0.882 bits per heavy atom. The fourth-order valence-electron chi connectivity index (χ4n) is 4.14. The van der Waals surface area contributed by atoms with Gasteiger partial charge in [0.15, 0.2) is 0 Å². The van der Waals surface area contributed by atoms with Crippen molar-refractivity contribution in [2.45, 2.75) is 6.42 Å². The maximum absolute atomic E-state index is 13.1. The summed E-state index contributed by atoms with van der Waals surface area (Å²) in [5, 5.41) is 5.03. The molecule has 0 saturated heterocycles. The number of nitrogens with one attached hydrogen (secondary N) is 2. The van der Waals surface area contributed by atoms with Crippen LogP contribution in [0.25, 0.3) is 33.1 Å². The molecule has 1 amide bonds. The standard InChI is InChI=1S/C28H25N3O3/c1-33-20-12-10-18(11-13-20)14-15-29-28(32)25-17-23-22-8-3-4-9-24(22)30-27(23)26(31-25)19-6-5-7-21(16-19)34-2/h3-13,16-17,30H,14-15H2,1-2H3,(H,29,32). The van der Waals surface area contributed by atoms with E-state index in [-0.39, 0.29) is 5.91 Å². The van der Waals surface area contributed by atoms with Crippen LogP contribution in [0.2, 0.25) is 0 Å². The van der Waals surface area contributed by atoms with Crippen molar-refractivity contribution in [1.29, 1.82) is 0 Å². The first kappa shape index (κ1) is 21.5. The number of methoxy groups -OCH3 is 2. The fourth-order valence-corrected chi connectivity index (χ4v) is 4.14. The average Bonchev–Trinajstić information content (AvgIpc) is 3.27. The summed E-state index contributed by atoms with van der Waals surface area (Å²) in [6.07, 6.45) is 0.716. The second-order valence-corrected chi connectivity index (χ2v) is 8.04. The molecule has 5 rings (SSSR count). The lowest BCUT2D eigenvalue weighted by atomic mass is 10.1. The van der Waals surface area contributed by atoms with Crippen LogP contribution in [-0.2, 0) is 6.42 Å². The van der Waals surface area contributed by atoms with Crippen LogP contribution < -0.4 is 14.8 Å². The number of ether oxygens (including phenoxy) is 2. The molecule has 2 aromatic heterocycles. The van der Waals surface area contributed by atoms with Crippen molar-refractivity contribution in [3.63, 3.8) is 0 Å². The number of carbonyl (C=O) groups excluding carboxylic acids is 1. The first-order chi connectivity index (χ1) is 16.7. The molecule has 0 saturated carbocycles. The van der Waals surface area contributed by atoms with Crippen LogP contribution >= 0.6 is 0 Å². The summed E-state index contributed by atoms with van der Waals surface area (Å²) < 4.78 is 10.6. The molecule has 0 radical (unpaired) electrons. The number of benzene rings is 3. The molecule has 2 N–H and O–H groups in total. The van der Waals surface area contributed by atoms with Gasteiger partial charge in [-0.25, -0.2) is 4.98 Å². The molecule has 0 bridgehead atoms. The first-order valence-corrected chi connectivity index (χ1v) is 11.1. The first-order valence-electron chi connectivity index (χ1n) is 11.1. The molecule has 0 fully saturated rings. The largest absolute Gasteiger partial charge is 0.497 e. The van der Waals surface area contributed by atoms with Gasteiger partial charge in [0, 0.05) is 28.4 Å². The Morgan fingerprint density at radius 2 is 1.68 bits per heavy atom. The van der Waals surface area contributed by atoms with E-state index in [4.69, 9.17) is 14.5 Å². The lowest BCUT2D eigenvalue weighted by molar-refractivity contribution is 0.0949. The highest BCUT2D eigenvalue weighted by molar-refractivity contribution is 6.13. The van der Waals surface area contributed by atoms with Crippen LogP contribution in [-0.4, -0.2) is 36.6 Å². The highest BCUT2D eigenvalue weighted by Gasteiger charge is 2.17. The van der Waals surface area contributed by atoms with Crippen molar-refractivity contribution in [3.05, 3.63) is 90.1 Å². The van der Waals surface area contributed by atoms with E-state index in [2.05, 4.69) is 16.4 Å². The van der Waals surface area contributed by atoms with Gasteiger partial charge in [0.05, 0.1) is 25.4 Å². The zero-order valence-electron chi connectivity index (χ0n) is 19.1. The van der Waals surface area contributed by atoms with E-state index in [9.17, 15) is 4.79 Å². The maximum Gasteiger partial charge on any atom is 0.269 e. The third-order valence-corrected chi connectivity index (χ3v) is 5.93. The van der Waals surface area contributed by atoms with E-state index in [0.29, 0.717) is 24.4 Å². The second kappa shape index (κ2) is 9.27. The number of hydrogen-bond acceptors (Lipinski definition) is 4. The summed E-state index contributed by atoms with van der Waals surface area (Å²) in [4.78, 5) is 21.4. The molecule has 3 aromatic carbocycles. The second-order valence-electron chi connectivity index (χ2n) is 8.04. The van der Waals surface area contributed by atoms with Gasteiger partial charge in [0.2, 0.25) is 0 Å². The van der Waals surface area contributed by atoms with Gasteiger partial charge in [-0.15, -0.1) is 0 Å². The zero-order chi connectivity index (χ0) is 23.5. The van der Waals surface area contributed by atoms with Crippen LogP contribution in [0.3, 0.4) is 0 Å². The summed E-state index contributed by atoms with van der Waals surface area (Å²) >= 11 is 0. The fraction of sp³-hybridized carbons (Fsp3) is 0.143. The number of pyridine rings is 1. The molecule has 0 spiro atoms. The monoisotopic (exact) mass is 451 g/mol. The van der Waals surface area contributed by atoms with Crippen LogP contribution in [0.15, 0.2) is 78.9 Å². The summed E-state index contributed by atoms with van der Waals surface area (Å²) in [6, 6.07) is 25.5. The van der Waals surface area contributed by atoms with Crippen molar-refractivity contribution in [3.8, 4) is 22.8 Å². The molecule has 6 nitrogen and oxygen atoms in total. The van der Waals surface area contributed by atoms with Crippen molar-refractivity contribution < 1.29 is 14.3 Å². The Morgan fingerprint density at radius 3 is 2.47 bits per heavy atom. The Hall–Kier alpha value is -4.32. The van der Waals surface area contributed by atoms with E-state index < -0.39 is 0 Å². The smallest absolute Gasteiger partial charge is 0.269 e. The van der Waals surface area contributed by atoms with Gasteiger partial charge >= 0.3 is 0 Å². The molecular formula is C28H25N3O3. The van der Waals surface area contributed by atoms with Crippen LogP contribution in [0, 0.1) is 0 Å². The predicted molar refractivity (Wildman–Crippen MR) is 135 cm³/mol. The molecule has 170 valence electrons. The highest BCUT2D eigenvalue weighted by Crippen LogP contribution is 2.33. The quantitative estimate of drug-likeness (QED) is 0.349. The van der Waals surface area contributed by atoms with E-state index in [1.54, 1.807) is 14.2 Å². The van der Waals surface area contributed by atoms with Crippen molar-refractivity contribution in [2.75, 3.05) is 20.8 Å². The van der Waals surface area contributed by atoms with E-state index in [1.165, 1.54) is 0 Å². The lowest BCUT2D eigenvalue weighted by Crippen LogP contribution is -2.26. The molecule has 0 aliphatic heterocycles. The van der Waals surface area contributed by atoms with Crippen molar-refractivity contribution in [2.24, 2.45) is 0 Å². The lowest BCUT2D eigenvalue weighted by Gasteiger charge is -2.10. The van der Waals surface area contributed by atoms with Gasteiger partial charge in [0.25, 0.3) is 5.91 Å². The number of aromatic amines is 1. The summed E-state index contributed by atoms with van der Waals surface area (Å²) in [5.41, 5.74) is 4.99. The minimum absolute atomic E-state index is 0.204. The van der Waals surface area contributed by atoms with Gasteiger partial charge in [0.1, 0.15) is 17.2 Å². The zero-order valence-corrected chi connectivity index (χ0v) is 19.1. The number of nitrogens with zero attached hydrogens (tertiary/aromatic N) is 1. The van der Waals surface area contributed by atoms with Crippen LogP contribution in [0.1, 0.15) is 16.1 Å². The topological polar surface area (TPSA) is 76.2 Å². The molecule has 2 heterocycles. The van der Waals surface area contributed by atoms with E-state index >= 15 is 0 Å².